The van der Waals surface area contributed by atoms with E-state index in [1.165, 1.54) is 11.3 Å². The summed E-state index contributed by atoms with van der Waals surface area (Å²) >= 11 is 1.50. The molecule has 1 atom stereocenters. The second-order valence-corrected chi connectivity index (χ2v) is 5.93. The third-order valence-corrected chi connectivity index (χ3v) is 4.15. The van der Waals surface area contributed by atoms with Crippen molar-refractivity contribution < 1.29 is 4.79 Å². The molecule has 1 aliphatic heterocycles. The molecule has 2 heterocycles. The number of thiazole rings is 1. The number of nitrogen functional groups attached to an aromatic ring is 1. The van der Waals surface area contributed by atoms with E-state index in [-0.39, 0.29) is 11.9 Å². The molecule has 3 rings (SSSR count). The number of hydrogen-bond donors (Lipinski definition) is 1. The molecule has 0 saturated heterocycles. The first-order chi connectivity index (χ1) is 9.06. The highest BCUT2D eigenvalue weighted by atomic mass is 32.1. The molecular formula is C14H15N3OS. The van der Waals surface area contributed by atoms with Gasteiger partial charge < -0.3 is 10.6 Å². The van der Waals surface area contributed by atoms with Crippen LogP contribution in [-0.4, -0.2) is 16.9 Å². The first-order valence-corrected chi connectivity index (χ1v) is 7.08. The van der Waals surface area contributed by atoms with Crippen LogP contribution in [0.3, 0.4) is 0 Å². The van der Waals surface area contributed by atoms with Gasteiger partial charge in [0, 0.05) is 22.8 Å². The third kappa shape index (κ3) is 2.00. The molecule has 4 nitrogen and oxygen atoms in total. The van der Waals surface area contributed by atoms with E-state index in [0.717, 1.165) is 28.4 Å². The zero-order valence-electron chi connectivity index (χ0n) is 10.9. The van der Waals surface area contributed by atoms with Crippen LogP contribution in [0.2, 0.25) is 0 Å². The summed E-state index contributed by atoms with van der Waals surface area (Å²) in [7, 11) is 0. The van der Waals surface area contributed by atoms with Gasteiger partial charge in [0.15, 0.2) is 0 Å². The van der Waals surface area contributed by atoms with E-state index in [1.54, 1.807) is 0 Å². The fourth-order valence-corrected chi connectivity index (χ4v) is 3.13. The maximum atomic E-state index is 12.6. The number of carbonyl (C=O) groups is 1. The van der Waals surface area contributed by atoms with Gasteiger partial charge in [0.25, 0.3) is 5.91 Å². The Kier molecular flexibility index (Phi) is 2.78. The average Bonchev–Trinajstić information content (AvgIpc) is 2.91. The lowest BCUT2D eigenvalue weighted by molar-refractivity contribution is 0.0977. The molecular weight excluding hydrogens is 258 g/mol. The van der Waals surface area contributed by atoms with E-state index in [0.29, 0.717) is 5.69 Å². The number of fused-ring (bicyclic) bond motifs is 1. The van der Waals surface area contributed by atoms with Crippen LogP contribution in [-0.2, 0) is 6.42 Å². The largest absolute Gasteiger partial charge is 0.399 e. The Labute approximate surface area is 115 Å². The van der Waals surface area contributed by atoms with Crippen LogP contribution in [0.5, 0.6) is 0 Å². The smallest absolute Gasteiger partial charge is 0.278 e. The highest BCUT2D eigenvalue weighted by molar-refractivity contribution is 7.09. The number of benzene rings is 1. The molecule has 0 fully saturated rings. The van der Waals surface area contributed by atoms with Crippen LogP contribution in [0.15, 0.2) is 23.6 Å². The van der Waals surface area contributed by atoms with Crippen LogP contribution < -0.4 is 10.6 Å². The maximum Gasteiger partial charge on any atom is 0.278 e. The summed E-state index contributed by atoms with van der Waals surface area (Å²) in [6.45, 7) is 3.96. The predicted molar refractivity (Wildman–Crippen MR) is 77.7 cm³/mol. The molecule has 2 N–H and O–H groups in total. The lowest BCUT2D eigenvalue weighted by atomic mass is 10.1. The number of aryl methyl sites for hydroxylation is 1. The highest BCUT2D eigenvalue weighted by Crippen LogP contribution is 2.34. The number of aromatic nitrogens is 1. The molecule has 1 amide bonds. The van der Waals surface area contributed by atoms with Crippen molar-refractivity contribution in [3.63, 3.8) is 0 Å². The zero-order chi connectivity index (χ0) is 13.6. The SMILES string of the molecule is Cc1nc(C(=O)N2c3ccc(N)cc3CC2C)cs1. The fraction of sp³-hybridized carbons (Fsp3) is 0.286. The molecule has 0 spiro atoms. The standard InChI is InChI=1S/C14H15N3OS/c1-8-5-10-6-11(15)3-4-13(10)17(8)14(18)12-7-19-9(2)16-12/h3-4,6-8H,5,15H2,1-2H3. The molecule has 0 radical (unpaired) electrons. The molecule has 0 bridgehead atoms. The Morgan fingerprint density at radius 2 is 2.32 bits per heavy atom. The molecule has 98 valence electrons. The van der Waals surface area contributed by atoms with Gasteiger partial charge in [-0.2, -0.15) is 0 Å². The summed E-state index contributed by atoms with van der Waals surface area (Å²) in [5.74, 6) is -0.0274. The van der Waals surface area contributed by atoms with Gasteiger partial charge in [0.05, 0.1) is 5.01 Å². The number of anilines is 2. The van der Waals surface area contributed by atoms with Gasteiger partial charge in [-0.15, -0.1) is 11.3 Å². The van der Waals surface area contributed by atoms with E-state index in [9.17, 15) is 4.79 Å². The summed E-state index contributed by atoms with van der Waals surface area (Å²) in [5, 5.41) is 2.73. The van der Waals surface area contributed by atoms with Crippen LogP contribution in [0, 0.1) is 6.92 Å². The Hall–Kier alpha value is -1.88. The van der Waals surface area contributed by atoms with Gasteiger partial charge in [-0.3, -0.25) is 4.79 Å². The predicted octanol–water partition coefficient (Wildman–Crippen LogP) is 2.63. The number of nitrogens with zero attached hydrogens (tertiary/aromatic N) is 2. The van der Waals surface area contributed by atoms with Crippen molar-refractivity contribution in [2.24, 2.45) is 0 Å². The van der Waals surface area contributed by atoms with E-state index >= 15 is 0 Å². The lowest BCUT2D eigenvalue weighted by Gasteiger charge is -2.21. The summed E-state index contributed by atoms with van der Waals surface area (Å²) in [4.78, 5) is 18.7. The molecule has 0 aliphatic carbocycles. The molecule has 5 heteroatoms. The van der Waals surface area contributed by atoms with Gasteiger partial charge >= 0.3 is 0 Å². The number of hydrogen-bond acceptors (Lipinski definition) is 4. The van der Waals surface area contributed by atoms with Crippen molar-refractivity contribution in [2.75, 3.05) is 10.6 Å². The van der Waals surface area contributed by atoms with E-state index in [4.69, 9.17) is 5.73 Å². The summed E-state index contributed by atoms with van der Waals surface area (Å²) < 4.78 is 0. The Morgan fingerprint density at radius 3 is 3.00 bits per heavy atom. The lowest BCUT2D eigenvalue weighted by Crippen LogP contribution is -2.35. The van der Waals surface area contributed by atoms with E-state index in [2.05, 4.69) is 4.98 Å². The van der Waals surface area contributed by atoms with Gasteiger partial charge in [-0.05, 0) is 44.0 Å². The van der Waals surface area contributed by atoms with Crippen LogP contribution in [0.25, 0.3) is 0 Å². The highest BCUT2D eigenvalue weighted by Gasteiger charge is 2.32. The minimum atomic E-state index is -0.0274. The summed E-state index contributed by atoms with van der Waals surface area (Å²) in [6.07, 6.45) is 0.842. The monoisotopic (exact) mass is 273 g/mol. The number of rotatable bonds is 1. The van der Waals surface area contributed by atoms with Gasteiger partial charge in [0.2, 0.25) is 0 Å². The fourth-order valence-electron chi connectivity index (χ4n) is 2.55. The first-order valence-electron chi connectivity index (χ1n) is 6.20. The van der Waals surface area contributed by atoms with Gasteiger partial charge in [-0.25, -0.2) is 4.98 Å². The normalized spacial score (nSPS) is 17.6. The Bertz CT molecular complexity index is 650. The quantitative estimate of drug-likeness (QED) is 0.813. The zero-order valence-corrected chi connectivity index (χ0v) is 11.7. The Balaban J connectivity index is 2.00. The number of nitrogens with two attached hydrogens (primary N) is 1. The molecule has 1 aromatic carbocycles. The van der Waals surface area contributed by atoms with Crippen molar-refractivity contribution in [2.45, 2.75) is 26.3 Å². The van der Waals surface area contributed by atoms with Crippen molar-refractivity contribution in [1.29, 1.82) is 0 Å². The van der Waals surface area contributed by atoms with Crippen molar-refractivity contribution in [3.8, 4) is 0 Å². The minimum absolute atomic E-state index is 0.0274. The van der Waals surface area contributed by atoms with Crippen molar-refractivity contribution >= 4 is 28.6 Å². The molecule has 1 aliphatic rings. The number of carbonyl (C=O) groups excluding carboxylic acids is 1. The molecule has 1 aromatic heterocycles. The molecule has 1 unspecified atom stereocenters. The van der Waals surface area contributed by atoms with E-state index in [1.807, 2.05) is 42.3 Å². The van der Waals surface area contributed by atoms with Gasteiger partial charge in [-0.1, -0.05) is 0 Å². The Morgan fingerprint density at radius 1 is 1.53 bits per heavy atom. The second kappa shape index (κ2) is 4.35. The minimum Gasteiger partial charge on any atom is -0.399 e. The summed E-state index contributed by atoms with van der Waals surface area (Å²) in [5.41, 5.74) is 9.15. The summed E-state index contributed by atoms with van der Waals surface area (Å²) in [6, 6.07) is 5.85. The second-order valence-electron chi connectivity index (χ2n) is 4.87. The van der Waals surface area contributed by atoms with E-state index < -0.39 is 0 Å². The van der Waals surface area contributed by atoms with Gasteiger partial charge in [0.1, 0.15) is 5.69 Å². The topological polar surface area (TPSA) is 59.2 Å². The molecule has 19 heavy (non-hydrogen) atoms. The molecule has 2 aromatic rings. The molecule has 0 saturated carbocycles. The number of amides is 1. The van der Waals surface area contributed by atoms with Crippen LogP contribution >= 0.6 is 11.3 Å². The third-order valence-electron chi connectivity index (χ3n) is 3.38. The average molecular weight is 273 g/mol. The van der Waals surface area contributed by atoms with Crippen molar-refractivity contribution in [3.05, 3.63) is 39.8 Å². The van der Waals surface area contributed by atoms with Crippen molar-refractivity contribution in [1.82, 2.24) is 4.98 Å². The van der Waals surface area contributed by atoms with Crippen LogP contribution in [0.4, 0.5) is 11.4 Å². The van der Waals surface area contributed by atoms with Crippen LogP contribution in [0.1, 0.15) is 28.0 Å². The first kappa shape index (κ1) is 12.2. The maximum absolute atomic E-state index is 12.6.